The molecule has 0 spiro atoms. The summed E-state index contributed by atoms with van der Waals surface area (Å²) in [4.78, 5) is 19.7. The Morgan fingerprint density at radius 1 is 1.06 bits per heavy atom. The predicted molar refractivity (Wildman–Crippen MR) is 131 cm³/mol. The summed E-state index contributed by atoms with van der Waals surface area (Å²) in [6, 6.07) is 10.8. The van der Waals surface area contributed by atoms with Gasteiger partial charge in [-0.05, 0) is 62.4 Å². The number of hydrogen-bond acceptors (Lipinski definition) is 6. The first kappa shape index (κ1) is 24.2. The topological polar surface area (TPSA) is 106 Å². The van der Waals surface area contributed by atoms with E-state index in [-0.39, 0.29) is 16.7 Å². The Morgan fingerprint density at radius 3 is 2.38 bits per heavy atom. The van der Waals surface area contributed by atoms with E-state index in [0.717, 1.165) is 31.5 Å². The molecule has 9 heteroatoms. The van der Waals surface area contributed by atoms with Gasteiger partial charge in [-0.15, -0.1) is 0 Å². The fourth-order valence-electron chi connectivity index (χ4n) is 4.63. The standard InChI is InChI=1S/C25H31N5O3S/c1-19-6-8-22(16-23(19)34(32,33)30-12-4-2-3-5-13-30)28-25(31)21-10-14-29(15-11-21)24-9-7-20(17-26)18-27-24/h6-9,16,18,21H,2-5,10-15H2,1H3,(H,28,31). The largest absolute Gasteiger partial charge is 0.357 e. The molecule has 0 aliphatic carbocycles. The van der Waals surface area contributed by atoms with Gasteiger partial charge in [0.2, 0.25) is 15.9 Å². The van der Waals surface area contributed by atoms with Gasteiger partial charge in [0, 0.05) is 44.0 Å². The maximum absolute atomic E-state index is 13.3. The number of anilines is 2. The summed E-state index contributed by atoms with van der Waals surface area (Å²) in [7, 11) is -3.59. The van der Waals surface area contributed by atoms with Crippen molar-refractivity contribution in [1.82, 2.24) is 9.29 Å². The van der Waals surface area contributed by atoms with E-state index in [1.54, 1.807) is 41.7 Å². The SMILES string of the molecule is Cc1ccc(NC(=O)C2CCN(c3ccc(C#N)cn3)CC2)cc1S(=O)(=O)N1CCCCCC1. The Bertz CT molecular complexity index is 1160. The summed E-state index contributed by atoms with van der Waals surface area (Å²) >= 11 is 0. The number of aromatic nitrogens is 1. The summed E-state index contributed by atoms with van der Waals surface area (Å²) in [5.41, 5.74) is 1.72. The van der Waals surface area contributed by atoms with Gasteiger partial charge >= 0.3 is 0 Å². The maximum atomic E-state index is 13.3. The molecule has 2 fully saturated rings. The molecule has 2 saturated heterocycles. The molecule has 1 amide bonds. The molecule has 34 heavy (non-hydrogen) atoms. The minimum Gasteiger partial charge on any atom is -0.357 e. The zero-order valence-corrected chi connectivity index (χ0v) is 20.4. The van der Waals surface area contributed by atoms with Gasteiger partial charge in [-0.1, -0.05) is 18.9 Å². The molecule has 1 aromatic heterocycles. The van der Waals surface area contributed by atoms with Gasteiger partial charge in [-0.3, -0.25) is 4.79 Å². The molecule has 0 saturated carbocycles. The first-order valence-corrected chi connectivity index (χ1v) is 13.4. The second-order valence-electron chi connectivity index (χ2n) is 9.07. The Balaban J connectivity index is 1.40. The summed E-state index contributed by atoms with van der Waals surface area (Å²) < 4.78 is 28.2. The number of aryl methyl sites for hydroxylation is 1. The van der Waals surface area contributed by atoms with Crippen LogP contribution >= 0.6 is 0 Å². The highest BCUT2D eigenvalue weighted by molar-refractivity contribution is 7.89. The van der Waals surface area contributed by atoms with Crippen LogP contribution in [0.15, 0.2) is 41.4 Å². The minimum atomic E-state index is -3.59. The smallest absolute Gasteiger partial charge is 0.243 e. The quantitative estimate of drug-likeness (QED) is 0.698. The third kappa shape index (κ3) is 5.40. The number of carbonyl (C=O) groups is 1. The molecular formula is C25H31N5O3S. The zero-order chi connectivity index (χ0) is 24.1. The Hall–Kier alpha value is -2.96. The van der Waals surface area contributed by atoms with Crippen molar-refractivity contribution >= 4 is 27.4 Å². The van der Waals surface area contributed by atoms with E-state index < -0.39 is 10.0 Å². The second kappa shape index (κ2) is 10.5. The highest BCUT2D eigenvalue weighted by Gasteiger charge is 2.28. The van der Waals surface area contributed by atoms with E-state index in [9.17, 15) is 13.2 Å². The number of sulfonamides is 1. The number of pyridine rings is 1. The highest BCUT2D eigenvalue weighted by Crippen LogP contribution is 2.27. The molecular weight excluding hydrogens is 450 g/mol. The van der Waals surface area contributed by atoms with Gasteiger partial charge < -0.3 is 10.2 Å². The number of carbonyl (C=O) groups excluding carboxylic acids is 1. The van der Waals surface area contributed by atoms with Crippen molar-refractivity contribution in [1.29, 1.82) is 5.26 Å². The van der Waals surface area contributed by atoms with Crippen LogP contribution in [0.5, 0.6) is 0 Å². The van der Waals surface area contributed by atoms with E-state index in [1.807, 2.05) is 6.07 Å². The number of piperidine rings is 1. The Morgan fingerprint density at radius 2 is 1.76 bits per heavy atom. The first-order chi connectivity index (χ1) is 16.4. The molecule has 0 bridgehead atoms. The predicted octanol–water partition coefficient (Wildman–Crippen LogP) is 3.68. The van der Waals surface area contributed by atoms with Crippen LogP contribution in [0, 0.1) is 24.2 Å². The van der Waals surface area contributed by atoms with Crippen LogP contribution in [0.4, 0.5) is 11.5 Å². The molecule has 0 unspecified atom stereocenters. The van der Waals surface area contributed by atoms with Crippen LogP contribution in [0.3, 0.4) is 0 Å². The molecule has 180 valence electrons. The molecule has 4 rings (SSSR count). The molecule has 1 aromatic carbocycles. The lowest BCUT2D eigenvalue weighted by Gasteiger charge is -2.32. The van der Waals surface area contributed by atoms with Crippen LogP contribution < -0.4 is 10.2 Å². The van der Waals surface area contributed by atoms with E-state index in [1.165, 1.54) is 0 Å². The van der Waals surface area contributed by atoms with Gasteiger partial charge in [0.1, 0.15) is 11.9 Å². The number of hydrogen-bond donors (Lipinski definition) is 1. The fourth-order valence-corrected chi connectivity index (χ4v) is 6.40. The monoisotopic (exact) mass is 481 g/mol. The molecule has 3 heterocycles. The van der Waals surface area contributed by atoms with Crippen LogP contribution in [0.25, 0.3) is 0 Å². The summed E-state index contributed by atoms with van der Waals surface area (Å²) in [6.07, 6.45) is 6.79. The van der Waals surface area contributed by atoms with Crippen molar-refractivity contribution in [2.24, 2.45) is 5.92 Å². The van der Waals surface area contributed by atoms with E-state index in [0.29, 0.717) is 55.8 Å². The van der Waals surface area contributed by atoms with Crippen molar-refractivity contribution < 1.29 is 13.2 Å². The summed E-state index contributed by atoms with van der Waals surface area (Å²) in [6.45, 7) is 4.28. The van der Waals surface area contributed by atoms with Crippen molar-refractivity contribution in [3.05, 3.63) is 47.7 Å². The normalized spacial score (nSPS) is 18.2. The van der Waals surface area contributed by atoms with Crippen molar-refractivity contribution in [3.63, 3.8) is 0 Å². The first-order valence-electron chi connectivity index (χ1n) is 11.9. The lowest BCUT2D eigenvalue weighted by atomic mass is 9.95. The highest BCUT2D eigenvalue weighted by atomic mass is 32.2. The van der Waals surface area contributed by atoms with E-state index >= 15 is 0 Å². The second-order valence-corrected chi connectivity index (χ2v) is 11.0. The van der Waals surface area contributed by atoms with E-state index in [2.05, 4.69) is 21.3 Å². The van der Waals surface area contributed by atoms with Crippen LogP contribution in [-0.2, 0) is 14.8 Å². The van der Waals surface area contributed by atoms with Crippen LogP contribution in [-0.4, -0.2) is 49.8 Å². The molecule has 2 aromatic rings. The van der Waals surface area contributed by atoms with E-state index in [4.69, 9.17) is 5.26 Å². The van der Waals surface area contributed by atoms with Crippen LogP contribution in [0.2, 0.25) is 0 Å². The number of nitrogens with one attached hydrogen (secondary N) is 1. The van der Waals surface area contributed by atoms with Gasteiger partial charge in [0.25, 0.3) is 0 Å². The fraction of sp³-hybridized carbons (Fsp3) is 0.480. The maximum Gasteiger partial charge on any atom is 0.243 e. The molecule has 1 N–H and O–H groups in total. The number of rotatable bonds is 5. The number of nitriles is 1. The van der Waals surface area contributed by atoms with Gasteiger partial charge in [0.05, 0.1) is 10.5 Å². The van der Waals surface area contributed by atoms with Gasteiger partial charge in [0.15, 0.2) is 0 Å². The molecule has 0 radical (unpaired) electrons. The lowest BCUT2D eigenvalue weighted by Crippen LogP contribution is -2.38. The lowest BCUT2D eigenvalue weighted by molar-refractivity contribution is -0.120. The average Bonchev–Trinajstić information content (AvgIpc) is 3.16. The van der Waals surface area contributed by atoms with Gasteiger partial charge in [-0.2, -0.15) is 9.57 Å². The van der Waals surface area contributed by atoms with Crippen molar-refractivity contribution in [3.8, 4) is 6.07 Å². The number of nitrogens with zero attached hydrogens (tertiary/aromatic N) is 4. The van der Waals surface area contributed by atoms with Crippen molar-refractivity contribution in [2.45, 2.75) is 50.3 Å². The summed E-state index contributed by atoms with van der Waals surface area (Å²) in [5, 5.41) is 11.9. The zero-order valence-electron chi connectivity index (χ0n) is 19.5. The van der Waals surface area contributed by atoms with Crippen LogP contribution in [0.1, 0.15) is 49.7 Å². The number of amides is 1. The Kier molecular flexibility index (Phi) is 7.49. The third-order valence-electron chi connectivity index (χ3n) is 6.71. The third-order valence-corrected chi connectivity index (χ3v) is 8.75. The molecule has 2 aliphatic heterocycles. The number of benzene rings is 1. The molecule has 0 atom stereocenters. The van der Waals surface area contributed by atoms with Gasteiger partial charge in [-0.25, -0.2) is 13.4 Å². The van der Waals surface area contributed by atoms with Crippen molar-refractivity contribution in [2.75, 3.05) is 36.4 Å². The molecule has 2 aliphatic rings. The summed E-state index contributed by atoms with van der Waals surface area (Å²) in [5.74, 6) is 0.566. The minimum absolute atomic E-state index is 0.0885. The Labute approximate surface area is 201 Å². The molecule has 8 nitrogen and oxygen atoms in total. The average molecular weight is 482 g/mol.